The molecule has 1 saturated heterocycles. The SMILES string of the molecule is COc1ccc([C@H]2[C@@H](NC(=O)c3ccccc3)C(=O)N/[N+]2=C\c2ccc(OC)c(OC)c2)cc1. The van der Waals surface area contributed by atoms with Gasteiger partial charge in [-0.25, -0.2) is 0 Å². The molecule has 0 radical (unpaired) electrons. The smallest absolute Gasteiger partial charge is 0.304 e. The van der Waals surface area contributed by atoms with Crippen molar-refractivity contribution >= 4 is 18.0 Å². The number of amides is 2. The van der Waals surface area contributed by atoms with Crippen molar-refractivity contribution in [3.05, 3.63) is 89.5 Å². The summed E-state index contributed by atoms with van der Waals surface area (Å²) >= 11 is 0. The second kappa shape index (κ2) is 10.1. The van der Waals surface area contributed by atoms with Crippen molar-refractivity contribution in [2.24, 2.45) is 0 Å². The maximum Gasteiger partial charge on any atom is 0.304 e. The first-order valence-corrected chi connectivity index (χ1v) is 10.7. The number of ether oxygens (including phenoxy) is 3. The molecule has 174 valence electrons. The van der Waals surface area contributed by atoms with Crippen molar-refractivity contribution in [1.82, 2.24) is 10.7 Å². The van der Waals surface area contributed by atoms with E-state index < -0.39 is 12.1 Å². The molecule has 2 amide bonds. The first-order chi connectivity index (χ1) is 16.5. The van der Waals surface area contributed by atoms with E-state index in [1.807, 2.05) is 42.5 Å². The van der Waals surface area contributed by atoms with Crippen molar-refractivity contribution in [3.8, 4) is 17.2 Å². The van der Waals surface area contributed by atoms with E-state index in [0.717, 1.165) is 11.1 Å². The van der Waals surface area contributed by atoms with Gasteiger partial charge in [0, 0.05) is 16.7 Å². The molecular formula is C26H26N3O5+. The summed E-state index contributed by atoms with van der Waals surface area (Å²) in [5.41, 5.74) is 4.96. The van der Waals surface area contributed by atoms with Gasteiger partial charge in [0.05, 0.1) is 21.3 Å². The van der Waals surface area contributed by atoms with Crippen LogP contribution in [0.1, 0.15) is 27.5 Å². The molecule has 0 bridgehead atoms. The number of carbonyl (C=O) groups is 2. The number of carbonyl (C=O) groups excluding carboxylic acids is 2. The number of rotatable bonds is 7. The summed E-state index contributed by atoms with van der Waals surface area (Å²) in [4.78, 5) is 25.9. The Morgan fingerprint density at radius 2 is 1.62 bits per heavy atom. The molecule has 8 heteroatoms. The largest absolute Gasteiger partial charge is 0.497 e. The molecule has 0 aliphatic carbocycles. The lowest BCUT2D eigenvalue weighted by atomic mass is 9.99. The number of hydrazine groups is 1. The average Bonchev–Trinajstić information content (AvgIpc) is 3.18. The van der Waals surface area contributed by atoms with Crippen LogP contribution in [0.4, 0.5) is 0 Å². The van der Waals surface area contributed by atoms with Crippen LogP contribution in [-0.4, -0.2) is 50.1 Å². The summed E-state index contributed by atoms with van der Waals surface area (Å²) in [5, 5.41) is 2.89. The number of benzene rings is 3. The Kier molecular flexibility index (Phi) is 6.77. The van der Waals surface area contributed by atoms with Gasteiger partial charge < -0.3 is 19.5 Å². The fraction of sp³-hybridized carbons (Fsp3) is 0.192. The van der Waals surface area contributed by atoms with Crippen LogP contribution < -0.4 is 25.0 Å². The molecule has 1 aliphatic heterocycles. The normalized spacial score (nSPS) is 18.3. The first kappa shape index (κ1) is 22.8. The molecule has 4 rings (SSSR count). The Hall–Kier alpha value is -4.33. The number of nitrogens with zero attached hydrogens (tertiary/aromatic N) is 1. The van der Waals surface area contributed by atoms with Crippen LogP contribution in [0.25, 0.3) is 0 Å². The summed E-state index contributed by atoms with van der Waals surface area (Å²) in [6.07, 6.45) is 1.80. The monoisotopic (exact) mass is 460 g/mol. The predicted octanol–water partition coefficient (Wildman–Crippen LogP) is 2.73. The molecule has 3 aromatic carbocycles. The van der Waals surface area contributed by atoms with E-state index in [-0.39, 0.29) is 11.8 Å². The van der Waals surface area contributed by atoms with Gasteiger partial charge in [-0.05, 0) is 54.6 Å². The topological polar surface area (TPSA) is 88.9 Å². The van der Waals surface area contributed by atoms with Crippen LogP contribution in [0, 0.1) is 0 Å². The van der Waals surface area contributed by atoms with Gasteiger partial charge >= 0.3 is 5.91 Å². The summed E-state index contributed by atoms with van der Waals surface area (Å²) in [6, 6.07) is 20.3. The Balaban J connectivity index is 1.72. The number of methoxy groups -OCH3 is 3. The molecular weight excluding hydrogens is 434 g/mol. The van der Waals surface area contributed by atoms with E-state index in [4.69, 9.17) is 14.2 Å². The highest BCUT2D eigenvalue weighted by Gasteiger charge is 2.47. The highest BCUT2D eigenvalue weighted by atomic mass is 16.5. The zero-order valence-corrected chi connectivity index (χ0v) is 19.1. The van der Waals surface area contributed by atoms with Gasteiger partial charge in [-0.15, -0.1) is 10.1 Å². The highest BCUT2D eigenvalue weighted by molar-refractivity contribution is 5.98. The minimum absolute atomic E-state index is 0.318. The van der Waals surface area contributed by atoms with Gasteiger partial charge in [0.2, 0.25) is 12.3 Å². The second-order valence-electron chi connectivity index (χ2n) is 7.66. The number of hydrogen-bond acceptors (Lipinski definition) is 5. The van der Waals surface area contributed by atoms with Gasteiger partial charge in [-0.1, -0.05) is 18.2 Å². The lowest BCUT2D eigenvalue weighted by Gasteiger charge is -2.15. The number of hydrogen-bond donors (Lipinski definition) is 2. The van der Waals surface area contributed by atoms with Crippen LogP contribution in [-0.2, 0) is 4.79 Å². The molecule has 3 aromatic rings. The summed E-state index contributed by atoms with van der Waals surface area (Å²) in [6.45, 7) is 0. The van der Waals surface area contributed by atoms with E-state index in [0.29, 0.717) is 22.8 Å². The Labute approximate surface area is 197 Å². The van der Waals surface area contributed by atoms with Gasteiger partial charge in [-0.3, -0.25) is 9.59 Å². The Bertz CT molecular complexity index is 1210. The van der Waals surface area contributed by atoms with Crippen LogP contribution in [0.15, 0.2) is 72.8 Å². The molecule has 0 saturated carbocycles. The molecule has 0 unspecified atom stereocenters. The van der Waals surface area contributed by atoms with Gasteiger partial charge in [0.25, 0.3) is 5.91 Å². The molecule has 0 aromatic heterocycles. The summed E-state index contributed by atoms with van der Waals surface area (Å²) in [5.74, 6) is 1.22. The molecule has 0 spiro atoms. The fourth-order valence-electron chi connectivity index (χ4n) is 3.89. The number of nitrogens with one attached hydrogen (secondary N) is 2. The molecule has 1 heterocycles. The third-order valence-corrected chi connectivity index (χ3v) is 5.61. The maximum absolute atomic E-state index is 13.0. The zero-order valence-electron chi connectivity index (χ0n) is 19.1. The fourth-order valence-corrected chi connectivity index (χ4v) is 3.89. The highest BCUT2D eigenvalue weighted by Crippen LogP contribution is 2.29. The van der Waals surface area contributed by atoms with Crippen LogP contribution >= 0.6 is 0 Å². The van der Waals surface area contributed by atoms with E-state index in [9.17, 15) is 9.59 Å². The van der Waals surface area contributed by atoms with Crippen molar-refractivity contribution in [2.45, 2.75) is 12.1 Å². The zero-order chi connectivity index (χ0) is 24.1. The van der Waals surface area contributed by atoms with E-state index in [1.165, 1.54) is 0 Å². The first-order valence-electron chi connectivity index (χ1n) is 10.7. The Morgan fingerprint density at radius 3 is 2.26 bits per heavy atom. The quantitative estimate of drug-likeness (QED) is 0.530. The Morgan fingerprint density at radius 1 is 0.912 bits per heavy atom. The number of hydrazone groups is 1. The third kappa shape index (κ3) is 4.71. The summed E-state index contributed by atoms with van der Waals surface area (Å²) in [7, 11) is 4.73. The minimum Gasteiger partial charge on any atom is -0.497 e. The maximum atomic E-state index is 13.0. The minimum atomic E-state index is -0.822. The van der Waals surface area contributed by atoms with Gasteiger partial charge in [0.15, 0.2) is 17.5 Å². The lowest BCUT2D eigenvalue weighted by Crippen LogP contribution is -2.42. The third-order valence-electron chi connectivity index (χ3n) is 5.61. The van der Waals surface area contributed by atoms with Crippen molar-refractivity contribution in [1.29, 1.82) is 0 Å². The van der Waals surface area contributed by atoms with Gasteiger partial charge in [-0.2, -0.15) is 0 Å². The second-order valence-corrected chi connectivity index (χ2v) is 7.66. The van der Waals surface area contributed by atoms with E-state index in [1.54, 1.807) is 62.6 Å². The van der Waals surface area contributed by atoms with Crippen LogP contribution in [0.3, 0.4) is 0 Å². The van der Waals surface area contributed by atoms with Gasteiger partial charge in [0.1, 0.15) is 5.75 Å². The summed E-state index contributed by atoms with van der Waals surface area (Å²) < 4.78 is 17.7. The van der Waals surface area contributed by atoms with Crippen molar-refractivity contribution in [2.75, 3.05) is 21.3 Å². The van der Waals surface area contributed by atoms with Crippen molar-refractivity contribution < 1.29 is 28.5 Å². The molecule has 1 fully saturated rings. The molecule has 1 aliphatic rings. The molecule has 2 N–H and O–H groups in total. The molecule has 8 nitrogen and oxygen atoms in total. The molecule has 34 heavy (non-hydrogen) atoms. The predicted molar refractivity (Wildman–Crippen MR) is 127 cm³/mol. The van der Waals surface area contributed by atoms with Crippen LogP contribution in [0.2, 0.25) is 0 Å². The standard InChI is InChI=1S/C26H25N3O5/c1-32-20-12-10-18(11-13-20)24-23(27-25(30)19-7-5-4-6-8-19)26(31)28-29(24)16-17-9-14-21(33-2)22(15-17)34-3/h4-16,23-24H,1-3H3,(H-,27,28,30,31)/p+1/b29-16-/t23-,24+/m1/s1. The van der Waals surface area contributed by atoms with E-state index >= 15 is 0 Å². The molecule has 2 atom stereocenters. The van der Waals surface area contributed by atoms with Crippen LogP contribution in [0.5, 0.6) is 17.2 Å². The van der Waals surface area contributed by atoms with E-state index in [2.05, 4.69) is 10.7 Å². The average molecular weight is 461 g/mol. The lowest BCUT2D eigenvalue weighted by molar-refractivity contribution is -0.596. The van der Waals surface area contributed by atoms with Crippen molar-refractivity contribution in [3.63, 3.8) is 0 Å².